The van der Waals surface area contributed by atoms with Crippen LogP contribution in [0, 0.1) is 6.92 Å². The Bertz CT molecular complexity index is 779. The van der Waals surface area contributed by atoms with Crippen LogP contribution in [0.2, 0.25) is 0 Å². The smallest absolute Gasteiger partial charge is 0.337 e. The number of unbranched alkanes of at least 4 members (excludes halogenated alkanes) is 5. The van der Waals surface area contributed by atoms with E-state index in [0.29, 0.717) is 11.4 Å². The number of hydrogen-bond donors (Lipinski definition) is 2. The van der Waals surface area contributed by atoms with Crippen molar-refractivity contribution in [1.29, 1.82) is 0 Å². The number of carboxylic acid groups (broad SMARTS) is 1. The van der Waals surface area contributed by atoms with E-state index in [2.05, 4.69) is 11.9 Å². The number of nitrogens with zero attached hydrogens (tertiary/aromatic N) is 1. The first-order chi connectivity index (χ1) is 13.5. The van der Waals surface area contributed by atoms with Crippen molar-refractivity contribution in [3.8, 4) is 0 Å². The molecule has 0 unspecified atom stereocenters. The minimum Gasteiger partial charge on any atom is -0.478 e. The molecule has 150 valence electrons. The fourth-order valence-corrected chi connectivity index (χ4v) is 2.78. The number of hydrogen-bond acceptors (Lipinski definition) is 4. The Morgan fingerprint density at radius 2 is 1.68 bits per heavy atom. The molecule has 0 heterocycles. The van der Waals surface area contributed by atoms with Gasteiger partial charge < -0.3 is 10.8 Å². The van der Waals surface area contributed by atoms with E-state index in [-0.39, 0.29) is 5.56 Å². The summed E-state index contributed by atoms with van der Waals surface area (Å²) in [4.78, 5) is 24.1. The number of carbonyl (C=O) groups excluding carboxylic acids is 1. The second kappa shape index (κ2) is 13.3. The minimum absolute atomic E-state index is 0.163. The second-order valence-corrected chi connectivity index (χ2v) is 6.78. The summed E-state index contributed by atoms with van der Waals surface area (Å²) < 4.78 is 0. The second-order valence-electron chi connectivity index (χ2n) is 6.78. The zero-order valence-corrected chi connectivity index (χ0v) is 16.8. The van der Waals surface area contributed by atoms with Gasteiger partial charge in [0, 0.05) is 5.69 Å². The van der Waals surface area contributed by atoms with E-state index < -0.39 is 5.97 Å². The van der Waals surface area contributed by atoms with E-state index in [4.69, 9.17) is 10.8 Å². The van der Waals surface area contributed by atoms with E-state index in [1.807, 2.05) is 31.2 Å². The molecule has 3 N–H and O–H groups in total. The molecule has 0 amide bonds. The van der Waals surface area contributed by atoms with Crippen LogP contribution >= 0.6 is 0 Å². The van der Waals surface area contributed by atoms with Crippen LogP contribution < -0.4 is 5.73 Å². The van der Waals surface area contributed by atoms with Gasteiger partial charge in [-0.1, -0.05) is 57.2 Å². The van der Waals surface area contributed by atoms with Gasteiger partial charge in [-0.15, -0.1) is 0 Å². The number of carboxylic acids is 1. The highest BCUT2D eigenvalue weighted by Gasteiger charge is 2.05. The van der Waals surface area contributed by atoms with Crippen molar-refractivity contribution in [3.05, 3.63) is 59.2 Å². The fourth-order valence-electron chi connectivity index (χ4n) is 2.78. The summed E-state index contributed by atoms with van der Waals surface area (Å²) in [5.74, 6) is -0.984. The largest absolute Gasteiger partial charge is 0.478 e. The van der Waals surface area contributed by atoms with Gasteiger partial charge in [-0.2, -0.15) is 4.99 Å². The van der Waals surface area contributed by atoms with Gasteiger partial charge in [0.2, 0.25) is 6.08 Å². The van der Waals surface area contributed by atoms with Gasteiger partial charge in [0.25, 0.3) is 0 Å². The predicted molar refractivity (Wildman–Crippen MR) is 114 cm³/mol. The lowest BCUT2D eigenvalue weighted by atomic mass is 10.0. The van der Waals surface area contributed by atoms with E-state index in [1.165, 1.54) is 50.2 Å². The SMILES string of the molecule is CCCCCCCCc1ccc(N=C=O)cc1.Cc1ccc(C(=O)O)c(N)c1. The Labute approximate surface area is 167 Å². The molecule has 5 heteroatoms. The number of nitrogen functional groups attached to an aromatic ring is 1. The zero-order valence-electron chi connectivity index (χ0n) is 16.8. The Hall–Kier alpha value is -2.91. The average Bonchev–Trinajstić information content (AvgIpc) is 2.66. The van der Waals surface area contributed by atoms with Crippen LogP contribution in [0.3, 0.4) is 0 Å². The number of rotatable bonds is 9. The molecule has 2 rings (SSSR count). The molecule has 28 heavy (non-hydrogen) atoms. The molecule has 0 aliphatic heterocycles. The summed E-state index contributed by atoms with van der Waals surface area (Å²) in [5.41, 5.74) is 8.90. The van der Waals surface area contributed by atoms with E-state index in [9.17, 15) is 9.59 Å². The maximum absolute atomic E-state index is 10.5. The number of aryl methyl sites for hydroxylation is 2. The summed E-state index contributed by atoms with van der Waals surface area (Å²) >= 11 is 0. The third-order valence-electron chi connectivity index (χ3n) is 4.37. The number of benzene rings is 2. The molecule has 0 aliphatic carbocycles. The van der Waals surface area contributed by atoms with Gasteiger partial charge >= 0.3 is 5.97 Å². The van der Waals surface area contributed by atoms with Crippen molar-refractivity contribution < 1.29 is 14.7 Å². The van der Waals surface area contributed by atoms with Crippen LogP contribution in [0.4, 0.5) is 11.4 Å². The van der Waals surface area contributed by atoms with Crippen LogP contribution in [0.15, 0.2) is 47.5 Å². The molecule has 0 spiro atoms. The number of aromatic carboxylic acids is 1. The van der Waals surface area contributed by atoms with Gasteiger partial charge in [0.1, 0.15) is 0 Å². The standard InChI is InChI=1S/C15H21NO.C8H9NO2/c1-2-3-4-5-6-7-8-14-9-11-15(12-10-14)16-13-17;1-5-2-3-6(8(10)11)7(9)4-5/h9-12H,2-8H2,1H3;2-4H,9H2,1H3,(H,10,11). The Morgan fingerprint density at radius 1 is 1.04 bits per heavy atom. The molecule has 0 bridgehead atoms. The van der Waals surface area contributed by atoms with Crippen LogP contribution in [-0.2, 0) is 11.2 Å². The Kier molecular flexibility index (Phi) is 11.0. The summed E-state index contributed by atoms with van der Waals surface area (Å²) in [6.45, 7) is 4.10. The van der Waals surface area contributed by atoms with Crippen molar-refractivity contribution in [3.63, 3.8) is 0 Å². The molecule has 2 aromatic carbocycles. The van der Waals surface area contributed by atoms with Crippen molar-refractivity contribution in [2.75, 3.05) is 5.73 Å². The lowest BCUT2D eigenvalue weighted by molar-refractivity contribution is 0.0698. The van der Waals surface area contributed by atoms with Crippen molar-refractivity contribution in [1.82, 2.24) is 0 Å². The van der Waals surface area contributed by atoms with Gasteiger partial charge in [-0.25, -0.2) is 9.59 Å². The topological polar surface area (TPSA) is 92.8 Å². The minimum atomic E-state index is -0.984. The molecule has 0 fully saturated rings. The number of anilines is 1. The van der Waals surface area contributed by atoms with Crippen LogP contribution in [0.25, 0.3) is 0 Å². The van der Waals surface area contributed by atoms with Crippen LogP contribution in [-0.4, -0.2) is 17.2 Å². The quantitative estimate of drug-likeness (QED) is 0.247. The Morgan fingerprint density at radius 3 is 2.25 bits per heavy atom. The van der Waals surface area contributed by atoms with Crippen LogP contribution in [0.5, 0.6) is 0 Å². The first kappa shape index (κ1) is 23.1. The number of carbonyl (C=O) groups is 1. The maximum atomic E-state index is 10.5. The van der Waals surface area contributed by atoms with E-state index in [1.54, 1.807) is 18.2 Å². The molecule has 0 aromatic heterocycles. The molecule has 5 nitrogen and oxygen atoms in total. The van der Waals surface area contributed by atoms with Gasteiger partial charge in [-0.05, 0) is 55.2 Å². The predicted octanol–water partition coefficient (Wildman–Crippen LogP) is 5.83. The summed E-state index contributed by atoms with van der Waals surface area (Å²) in [7, 11) is 0. The van der Waals surface area contributed by atoms with Gasteiger partial charge in [0.15, 0.2) is 0 Å². The number of isocyanates is 1. The number of nitrogens with two attached hydrogens (primary N) is 1. The molecule has 2 aromatic rings. The van der Waals surface area contributed by atoms with E-state index >= 15 is 0 Å². The molecule has 0 radical (unpaired) electrons. The van der Waals surface area contributed by atoms with Crippen LogP contribution in [0.1, 0.15) is 66.9 Å². The van der Waals surface area contributed by atoms with Crippen molar-refractivity contribution in [2.24, 2.45) is 4.99 Å². The first-order valence-electron chi connectivity index (χ1n) is 9.74. The fraction of sp³-hybridized carbons (Fsp3) is 0.391. The summed E-state index contributed by atoms with van der Waals surface area (Å²) in [6, 6.07) is 12.7. The van der Waals surface area contributed by atoms with Crippen molar-refractivity contribution >= 4 is 23.4 Å². The van der Waals surface area contributed by atoms with Gasteiger partial charge in [-0.3, -0.25) is 0 Å². The third-order valence-corrected chi connectivity index (χ3v) is 4.37. The molecular formula is C23H30N2O3. The monoisotopic (exact) mass is 382 g/mol. The number of aliphatic imine (C=N–C) groups is 1. The normalized spacial score (nSPS) is 9.79. The average molecular weight is 383 g/mol. The highest BCUT2D eigenvalue weighted by molar-refractivity contribution is 5.93. The maximum Gasteiger partial charge on any atom is 0.337 e. The highest BCUT2D eigenvalue weighted by atomic mass is 16.4. The summed E-state index contributed by atoms with van der Waals surface area (Å²) in [5, 5.41) is 8.58. The third kappa shape index (κ3) is 9.15. The summed E-state index contributed by atoms with van der Waals surface area (Å²) in [6.07, 6.45) is 10.6. The molecule has 0 saturated heterocycles. The molecule has 0 aliphatic rings. The van der Waals surface area contributed by atoms with Gasteiger partial charge in [0.05, 0.1) is 11.3 Å². The molecular weight excluding hydrogens is 352 g/mol. The zero-order chi connectivity index (χ0) is 20.8. The lowest BCUT2D eigenvalue weighted by Gasteiger charge is -2.02. The first-order valence-corrected chi connectivity index (χ1v) is 9.74. The van der Waals surface area contributed by atoms with E-state index in [0.717, 1.165) is 12.0 Å². The molecule has 0 atom stereocenters. The lowest BCUT2D eigenvalue weighted by Crippen LogP contribution is -2.01. The molecule has 0 saturated carbocycles. The van der Waals surface area contributed by atoms with Crippen molar-refractivity contribution in [2.45, 2.75) is 58.8 Å². The highest BCUT2D eigenvalue weighted by Crippen LogP contribution is 2.15. The Balaban J connectivity index is 0.000000307.